The molecule has 0 aliphatic rings. The minimum Gasteiger partial charge on any atom is -0.496 e. The molecule has 0 saturated heterocycles. The predicted octanol–water partition coefficient (Wildman–Crippen LogP) is 3.48. The van der Waals surface area contributed by atoms with E-state index in [4.69, 9.17) is 9.47 Å². The minimum absolute atomic E-state index is 0.224. The van der Waals surface area contributed by atoms with Crippen molar-refractivity contribution in [3.63, 3.8) is 0 Å². The Kier molecular flexibility index (Phi) is 5.57. The molecule has 2 atom stereocenters. The smallest absolute Gasteiger partial charge is 0.261 e. The van der Waals surface area contributed by atoms with Gasteiger partial charge in [0, 0.05) is 5.56 Å². The maximum absolute atomic E-state index is 12.9. The molecular weight excluding hydrogens is 297 g/mol. The number of amides is 1. The van der Waals surface area contributed by atoms with Gasteiger partial charge in [0.25, 0.3) is 5.91 Å². The summed E-state index contributed by atoms with van der Waals surface area (Å²) < 4.78 is 23.7. The summed E-state index contributed by atoms with van der Waals surface area (Å²) in [5.74, 6) is 0.554. The molecule has 122 valence electrons. The number of hydrogen-bond acceptors (Lipinski definition) is 3. The number of nitrogens with one attached hydrogen (secondary N) is 1. The van der Waals surface area contributed by atoms with Gasteiger partial charge in [-0.1, -0.05) is 18.2 Å². The third-order valence-electron chi connectivity index (χ3n) is 3.46. The summed E-state index contributed by atoms with van der Waals surface area (Å²) in [6.45, 7) is 3.52. The summed E-state index contributed by atoms with van der Waals surface area (Å²) in [5.41, 5.74) is 0.886. The number of methoxy groups -OCH3 is 1. The zero-order chi connectivity index (χ0) is 16.8. The van der Waals surface area contributed by atoms with Crippen LogP contribution in [-0.4, -0.2) is 19.1 Å². The number of ether oxygens (including phenoxy) is 2. The van der Waals surface area contributed by atoms with Crippen molar-refractivity contribution in [1.29, 1.82) is 0 Å². The number of benzene rings is 2. The second-order valence-corrected chi connectivity index (χ2v) is 5.19. The molecular formula is C18H20FNO3. The lowest BCUT2D eigenvalue weighted by Gasteiger charge is -2.20. The first-order chi connectivity index (χ1) is 11.0. The van der Waals surface area contributed by atoms with Gasteiger partial charge in [-0.3, -0.25) is 4.79 Å². The van der Waals surface area contributed by atoms with Crippen LogP contribution >= 0.6 is 0 Å². The Morgan fingerprint density at radius 2 is 1.74 bits per heavy atom. The Morgan fingerprint density at radius 3 is 2.39 bits per heavy atom. The molecule has 2 rings (SSSR count). The van der Waals surface area contributed by atoms with Crippen molar-refractivity contribution in [2.24, 2.45) is 0 Å². The molecule has 2 aromatic rings. The highest BCUT2D eigenvalue weighted by Gasteiger charge is 2.19. The standard InChI is InChI=1S/C18H20FNO3/c1-12(16-6-4-5-7-17(16)22-3)20-18(21)13(2)23-15-10-8-14(19)9-11-15/h4-13H,1-3H3,(H,20,21)/t12-,13+/m0/s1. The average Bonchev–Trinajstić information content (AvgIpc) is 2.56. The molecule has 1 amide bonds. The molecule has 0 saturated carbocycles. The largest absolute Gasteiger partial charge is 0.496 e. The molecule has 0 aliphatic carbocycles. The van der Waals surface area contributed by atoms with Crippen LogP contribution in [0.3, 0.4) is 0 Å². The highest BCUT2D eigenvalue weighted by atomic mass is 19.1. The van der Waals surface area contributed by atoms with Crippen molar-refractivity contribution in [3.05, 3.63) is 59.9 Å². The molecule has 0 aromatic heterocycles. The SMILES string of the molecule is COc1ccccc1[C@H](C)NC(=O)[C@@H](C)Oc1ccc(F)cc1. The zero-order valence-electron chi connectivity index (χ0n) is 13.4. The summed E-state index contributed by atoms with van der Waals surface area (Å²) in [7, 11) is 1.59. The molecule has 1 N–H and O–H groups in total. The van der Waals surface area contributed by atoms with E-state index < -0.39 is 6.10 Å². The fourth-order valence-corrected chi connectivity index (χ4v) is 2.20. The summed E-state index contributed by atoms with van der Waals surface area (Å²) in [6, 6.07) is 12.8. The lowest BCUT2D eigenvalue weighted by atomic mass is 10.1. The summed E-state index contributed by atoms with van der Waals surface area (Å²) in [6.07, 6.45) is -0.697. The van der Waals surface area contributed by atoms with Crippen LogP contribution in [0.4, 0.5) is 4.39 Å². The molecule has 0 aliphatic heterocycles. The van der Waals surface area contributed by atoms with Gasteiger partial charge < -0.3 is 14.8 Å². The molecule has 0 bridgehead atoms. The Labute approximate surface area is 135 Å². The van der Waals surface area contributed by atoms with E-state index in [1.807, 2.05) is 31.2 Å². The fraction of sp³-hybridized carbons (Fsp3) is 0.278. The summed E-state index contributed by atoms with van der Waals surface area (Å²) in [4.78, 5) is 12.2. The van der Waals surface area contributed by atoms with Crippen LogP contribution < -0.4 is 14.8 Å². The monoisotopic (exact) mass is 317 g/mol. The van der Waals surface area contributed by atoms with Crippen molar-refractivity contribution < 1.29 is 18.7 Å². The maximum Gasteiger partial charge on any atom is 0.261 e. The van der Waals surface area contributed by atoms with Crippen LogP contribution in [-0.2, 0) is 4.79 Å². The lowest BCUT2D eigenvalue weighted by Crippen LogP contribution is -2.37. The topological polar surface area (TPSA) is 47.6 Å². The van der Waals surface area contributed by atoms with E-state index in [1.54, 1.807) is 14.0 Å². The van der Waals surface area contributed by atoms with Crippen molar-refractivity contribution in [2.45, 2.75) is 26.0 Å². The van der Waals surface area contributed by atoms with Crippen LogP contribution in [0.1, 0.15) is 25.5 Å². The molecule has 23 heavy (non-hydrogen) atoms. The first-order valence-electron chi connectivity index (χ1n) is 7.36. The van der Waals surface area contributed by atoms with E-state index in [-0.39, 0.29) is 17.8 Å². The highest BCUT2D eigenvalue weighted by molar-refractivity contribution is 5.81. The van der Waals surface area contributed by atoms with Crippen LogP contribution in [0.25, 0.3) is 0 Å². The van der Waals surface area contributed by atoms with Crippen molar-refractivity contribution in [2.75, 3.05) is 7.11 Å². The van der Waals surface area contributed by atoms with Crippen molar-refractivity contribution >= 4 is 5.91 Å². The van der Waals surface area contributed by atoms with Gasteiger partial charge in [0.1, 0.15) is 17.3 Å². The number of hydrogen-bond donors (Lipinski definition) is 1. The van der Waals surface area contributed by atoms with Crippen LogP contribution in [0.2, 0.25) is 0 Å². The zero-order valence-corrected chi connectivity index (χ0v) is 13.4. The van der Waals surface area contributed by atoms with Gasteiger partial charge in [-0.25, -0.2) is 4.39 Å². The highest BCUT2D eigenvalue weighted by Crippen LogP contribution is 2.24. The predicted molar refractivity (Wildman–Crippen MR) is 86.0 cm³/mol. The molecule has 5 heteroatoms. The van der Waals surface area contributed by atoms with E-state index in [0.717, 1.165) is 5.56 Å². The van der Waals surface area contributed by atoms with Gasteiger partial charge in [-0.15, -0.1) is 0 Å². The van der Waals surface area contributed by atoms with E-state index >= 15 is 0 Å². The van der Waals surface area contributed by atoms with Gasteiger partial charge >= 0.3 is 0 Å². The summed E-state index contributed by atoms with van der Waals surface area (Å²) >= 11 is 0. The Balaban J connectivity index is 1.98. The molecule has 0 spiro atoms. The minimum atomic E-state index is -0.697. The number of rotatable bonds is 6. The normalized spacial score (nSPS) is 13.0. The number of halogens is 1. The van der Waals surface area contributed by atoms with E-state index in [1.165, 1.54) is 24.3 Å². The van der Waals surface area contributed by atoms with E-state index in [2.05, 4.69) is 5.32 Å². The lowest BCUT2D eigenvalue weighted by molar-refractivity contribution is -0.127. The van der Waals surface area contributed by atoms with Crippen molar-refractivity contribution in [3.8, 4) is 11.5 Å². The van der Waals surface area contributed by atoms with Gasteiger partial charge in [-0.05, 0) is 44.2 Å². The van der Waals surface area contributed by atoms with Crippen LogP contribution in [0, 0.1) is 5.82 Å². The van der Waals surface area contributed by atoms with Gasteiger partial charge in [0.05, 0.1) is 13.2 Å². The third-order valence-corrected chi connectivity index (χ3v) is 3.46. The second kappa shape index (κ2) is 7.63. The van der Waals surface area contributed by atoms with Crippen LogP contribution in [0.15, 0.2) is 48.5 Å². The fourth-order valence-electron chi connectivity index (χ4n) is 2.20. The van der Waals surface area contributed by atoms with Crippen LogP contribution in [0.5, 0.6) is 11.5 Å². The second-order valence-electron chi connectivity index (χ2n) is 5.19. The Hall–Kier alpha value is -2.56. The van der Waals surface area contributed by atoms with E-state index in [0.29, 0.717) is 11.5 Å². The van der Waals surface area contributed by atoms with E-state index in [9.17, 15) is 9.18 Å². The van der Waals surface area contributed by atoms with Crippen molar-refractivity contribution in [1.82, 2.24) is 5.32 Å². The average molecular weight is 317 g/mol. The maximum atomic E-state index is 12.9. The number of carbonyl (C=O) groups is 1. The third kappa shape index (κ3) is 4.45. The quantitative estimate of drug-likeness (QED) is 0.887. The molecule has 0 fully saturated rings. The molecule has 0 unspecified atom stereocenters. The molecule has 4 nitrogen and oxygen atoms in total. The van der Waals surface area contributed by atoms with Gasteiger partial charge in [-0.2, -0.15) is 0 Å². The number of carbonyl (C=O) groups excluding carboxylic acids is 1. The molecule has 0 heterocycles. The first kappa shape index (κ1) is 16.8. The Bertz CT molecular complexity index is 658. The molecule has 0 radical (unpaired) electrons. The van der Waals surface area contributed by atoms with Gasteiger partial charge in [0.15, 0.2) is 6.10 Å². The Morgan fingerprint density at radius 1 is 1.09 bits per heavy atom. The first-order valence-corrected chi connectivity index (χ1v) is 7.36. The van der Waals surface area contributed by atoms with Gasteiger partial charge in [0.2, 0.25) is 0 Å². The molecule has 2 aromatic carbocycles. The number of para-hydroxylation sites is 1. The summed E-state index contributed by atoms with van der Waals surface area (Å²) in [5, 5.41) is 2.88.